The van der Waals surface area contributed by atoms with Crippen molar-refractivity contribution in [1.82, 2.24) is 4.98 Å². The number of benzene rings is 2. The number of amides is 1. The number of para-hydroxylation sites is 1. The van der Waals surface area contributed by atoms with Gasteiger partial charge in [-0.05, 0) is 42.8 Å². The lowest BCUT2D eigenvalue weighted by atomic mass is 10.2. The zero-order valence-electron chi connectivity index (χ0n) is 14.7. The van der Waals surface area contributed by atoms with Crippen LogP contribution in [0.25, 0.3) is 0 Å². The Hall–Kier alpha value is -2.56. The van der Waals surface area contributed by atoms with E-state index in [-0.39, 0.29) is 12.5 Å². The third-order valence-electron chi connectivity index (χ3n) is 3.97. The highest BCUT2D eigenvalue weighted by Crippen LogP contribution is 2.26. The minimum atomic E-state index is -0.755. The van der Waals surface area contributed by atoms with Crippen LogP contribution in [0.5, 0.6) is 5.75 Å². The lowest BCUT2D eigenvalue weighted by Gasteiger charge is -2.26. The maximum Gasteiger partial charge on any atom is 0.269 e. The number of hydrogen-bond acceptors (Lipinski definition) is 3. The largest absolute Gasteiger partial charge is 0.479 e. The molecule has 0 bridgehead atoms. The Morgan fingerprint density at radius 2 is 1.67 bits per heavy atom. The summed E-state index contributed by atoms with van der Waals surface area (Å²) in [4.78, 5) is 19.0. The topological polar surface area (TPSA) is 42.4 Å². The first-order chi connectivity index (χ1) is 13.1. The zero-order chi connectivity index (χ0) is 19.2. The predicted molar refractivity (Wildman–Crippen MR) is 108 cm³/mol. The van der Waals surface area contributed by atoms with Crippen molar-refractivity contribution >= 4 is 34.9 Å². The van der Waals surface area contributed by atoms with Gasteiger partial charge in [-0.15, -0.1) is 0 Å². The monoisotopic (exact) mass is 400 g/mol. The molecule has 0 fully saturated rings. The van der Waals surface area contributed by atoms with Gasteiger partial charge in [0.05, 0.1) is 11.6 Å². The van der Waals surface area contributed by atoms with Crippen molar-refractivity contribution in [3.8, 4) is 5.75 Å². The van der Waals surface area contributed by atoms with Crippen molar-refractivity contribution in [2.45, 2.75) is 19.6 Å². The fourth-order valence-electron chi connectivity index (χ4n) is 2.58. The summed E-state index contributed by atoms with van der Waals surface area (Å²) in [6, 6.07) is 19.9. The molecule has 0 aliphatic carbocycles. The highest BCUT2D eigenvalue weighted by atomic mass is 35.5. The van der Waals surface area contributed by atoms with Crippen molar-refractivity contribution in [3.05, 3.63) is 88.5 Å². The summed E-state index contributed by atoms with van der Waals surface area (Å²) in [5.41, 5.74) is 0.822. The van der Waals surface area contributed by atoms with Gasteiger partial charge in [0.25, 0.3) is 5.91 Å². The second-order valence-corrected chi connectivity index (χ2v) is 6.71. The fraction of sp³-hybridized carbons (Fsp3) is 0.143. The normalized spacial score (nSPS) is 11.7. The average molecular weight is 401 g/mol. The quantitative estimate of drug-likeness (QED) is 0.556. The molecule has 1 atom stereocenters. The van der Waals surface area contributed by atoms with E-state index in [0.29, 0.717) is 21.6 Å². The summed E-state index contributed by atoms with van der Waals surface area (Å²) in [5.74, 6) is 0.740. The minimum Gasteiger partial charge on any atom is -0.479 e. The zero-order valence-corrected chi connectivity index (χ0v) is 16.2. The van der Waals surface area contributed by atoms with Gasteiger partial charge in [0.15, 0.2) is 6.10 Å². The number of rotatable bonds is 6. The summed E-state index contributed by atoms with van der Waals surface area (Å²) >= 11 is 12.4. The number of hydrogen-bond donors (Lipinski definition) is 0. The SMILES string of the molecule is C[C@@H](Oc1ccccc1Cl)C(=O)N(Cc1ccccc1Cl)c1ccccn1. The van der Waals surface area contributed by atoms with Gasteiger partial charge in [0.2, 0.25) is 0 Å². The highest BCUT2D eigenvalue weighted by Gasteiger charge is 2.25. The van der Waals surface area contributed by atoms with Crippen molar-refractivity contribution < 1.29 is 9.53 Å². The number of carbonyl (C=O) groups excluding carboxylic acids is 1. The van der Waals surface area contributed by atoms with Gasteiger partial charge in [-0.1, -0.05) is 59.6 Å². The molecule has 0 unspecified atom stereocenters. The summed E-state index contributed by atoms with van der Waals surface area (Å²) in [6.07, 6.45) is 0.885. The summed E-state index contributed by atoms with van der Waals surface area (Å²) in [5, 5.41) is 1.04. The van der Waals surface area contributed by atoms with Gasteiger partial charge in [-0.25, -0.2) is 4.98 Å². The van der Waals surface area contributed by atoms with Crippen LogP contribution in [0.3, 0.4) is 0 Å². The van der Waals surface area contributed by atoms with Crippen LogP contribution in [0.15, 0.2) is 72.9 Å². The van der Waals surface area contributed by atoms with Gasteiger partial charge in [0.1, 0.15) is 11.6 Å². The molecule has 0 spiro atoms. The van der Waals surface area contributed by atoms with E-state index >= 15 is 0 Å². The van der Waals surface area contributed by atoms with Crippen LogP contribution in [0.4, 0.5) is 5.82 Å². The summed E-state index contributed by atoms with van der Waals surface area (Å²) in [7, 11) is 0. The highest BCUT2D eigenvalue weighted by molar-refractivity contribution is 6.32. The minimum absolute atomic E-state index is 0.242. The Morgan fingerprint density at radius 1 is 1.00 bits per heavy atom. The van der Waals surface area contributed by atoms with Gasteiger partial charge in [0, 0.05) is 11.2 Å². The van der Waals surface area contributed by atoms with Gasteiger partial charge >= 0.3 is 0 Å². The first-order valence-corrected chi connectivity index (χ1v) is 9.19. The van der Waals surface area contributed by atoms with Crippen molar-refractivity contribution in [2.24, 2.45) is 0 Å². The average Bonchev–Trinajstić information content (AvgIpc) is 2.69. The maximum atomic E-state index is 13.1. The van der Waals surface area contributed by atoms with Crippen LogP contribution >= 0.6 is 23.2 Å². The van der Waals surface area contributed by atoms with Crippen LogP contribution in [0.2, 0.25) is 10.0 Å². The third-order valence-corrected chi connectivity index (χ3v) is 4.65. The summed E-state index contributed by atoms with van der Waals surface area (Å²) in [6.45, 7) is 1.97. The molecule has 1 heterocycles. The Labute approximate surface area is 168 Å². The van der Waals surface area contributed by atoms with E-state index in [0.717, 1.165) is 5.56 Å². The molecule has 0 aliphatic rings. The Bertz CT molecular complexity index is 919. The van der Waals surface area contributed by atoms with E-state index in [1.807, 2.05) is 24.3 Å². The van der Waals surface area contributed by atoms with E-state index in [1.54, 1.807) is 60.5 Å². The molecular formula is C21H18Cl2N2O2. The molecule has 0 saturated carbocycles. The molecule has 0 saturated heterocycles. The van der Waals surface area contributed by atoms with Crippen LogP contribution in [-0.4, -0.2) is 17.0 Å². The number of aromatic nitrogens is 1. The Balaban J connectivity index is 1.87. The second kappa shape index (κ2) is 8.89. The predicted octanol–water partition coefficient (Wildman–Crippen LogP) is 5.39. The second-order valence-electron chi connectivity index (χ2n) is 5.89. The Kier molecular flexibility index (Phi) is 6.32. The van der Waals surface area contributed by atoms with Crippen LogP contribution in [0.1, 0.15) is 12.5 Å². The molecule has 6 heteroatoms. The molecule has 1 aromatic heterocycles. The van der Waals surface area contributed by atoms with E-state index < -0.39 is 6.10 Å². The van der Waals surface area contributed by atoms with Crippen molar-refractivity contribution in [3.63, 3.8) is 0 Å². The molecule has 0 radical (unpaired) electrons. The van der Waals surface area contributed by atoms with E-state index in [4.69, 9.17) is 27.9 Å². The third kappa shape index (κ3) is 4.79. The molecule has 0 N–H and O–H groups in total. The molecule has 27 heavy (non-hydrogen) atoms. The first kappa shape index (κ1) is 19.2. The van der Waals surface area contributed by atoms with Gasteiger partial charge in [-0.2, -0.15) is 0 Å². The number of carbonyl (C=O) groups is 1. The smallest absolute Gasteiger partial charge is 0.269 e. The number of halogens is 2. The molecule has 4 nitrogen and oxygen atoms in total. The van der Waals surface area contributed by atoms with Crippen molar-refractivity contribution in [2.75, 3.05) is 4.90 Å². The summed E-state index contributed by atoms with van der Waals surface area (Å²) < 4.78 is 5.79. The Morgan fingerprint density at radius 3 is 2.33 bits per heavy atom. The van der Waals surface area contributed by atoms with E-state index in [1.165, 1.54) is 0 Å². The molecule has 3 aromatic rings. The number of anilines is 1. The standard InChI is InChI=1S/C21H18Cl2N2O2/c1-15(27-19-11-5-4-10-18(19)23)21(26)25(20-12-6-7-13-24-20)14-16-8-2-3-9-17(16)22/h2-13,15H,14H2,1H3/t15-/m1/s1. The molecule has 1 amide bonds. The molecule has 2 aromatic carbocycles. The first-order valence-electron chi connectivity index (χ1n) is 8.43. The lowest BCUT2D eigenvalue weighted by Crippen LogP contribution is -2.40. The molecule has 3 rings (SSSR count). The fourth-order valence-corrected chi connectivity index (χ4v) is 2.96. The van der Waals surface area contributed by atoms with Crippen LogP contribution in [0, 0.1) is 0 Å². The van der Waals surface area contributed by atoms with Gasteiger partial charge < -0.3 is 4.74 Å². The van der Waals surface area contributed by atoms with Crippen molar-refractivity contribution in [1.29, 1.82) is 0 Å². The molecule has 0 aliphatic heterocycles. The molecular weight excluding hydrogens is 383 g/mol. The number of pyridine rings is 1. The van der Waals surface area contributed by atoms with Crippen LogP contribution < -0.4 is 9.64 Å². The lowest BCUT2D eigenvalue weighted by molar-refractivity contribution is -0.124. The number of ether oxygens (including phenoxy) is 1. The van der Waals surface area contributed by atoms with Crippen LogP contribution in [-0.2, 0) is 11.3 Å². The van der Waals surface area contributed by atoms with E-state index in [2.05, 4.69) is 4.98 Å². The maximum absolute atomic E-state index is 13.1. The van der Waals surface area contributed by atoms with E-state index in [9.17, 15) is 4.79 Å². The van der Waals surface area contributed by atoms with Gasteiger partial charge in [-0.3, -0.25) is 9.69 Å². The molecule has 138 valence electrons. The number of nitrogens with zero attached hydrogens (tertiary/aromatic N) is 2.